The lowest BCUT2D eigenvalue weighted by atomic mass is 10.1. The summed E-state index contributed by atoms with van der Waals surface area (Å²) < 4.78 is 31.3. The monoisotopic (exact) mass is 390 g/mol. The van der Waals surface area contributed by atoms with E-state index in [1.54, 1.807) is 24.3 Å². The average molecular weight is 391 g/mol. The van der Waals surface area contributed by atoms with Crippen molar-refractivity contribution in [1.29, 1.82) is 0 Å². The Morgan fingerprint density at radius 1 is 1.11 bits per heavy atom. The first-order valence-corrected chi connectivity index (χ1v) is 8.25. The van der Waals surface area contributed by atoms with Crippen LogP contribution in [0, 0.1) is 11.6 Å². The van der Waals surface area contributed by atoms with Gasteiger partial charge in [-0.15, -0.1) is 0 Å². The number of hydrogen-bond donors (Lipinski definition) is 1. The number of rotatable bonds is 4. The van der Waals surface area contributed by atoms with Gasteiger partial charge in [0.05, 0.1) is 11.1 Å². The van der Waals surface area contributed by atoms with Gasteiger partial charge in [-0.1, -0.05) is 29.8 Å². The van der Waals surface area contributed by atoms with Crippen LogP contribution in [0.2, 0.25) is 5.15 Å². The van der Waals surface area contributed by atoms with Gasteiger partial charge in [-0.2, -0.15) is 0 Å². The third kappa shape index (κ3) is 4.20. The molecular formula is C19H13ClF2N2O3. The lowest BCUT2D eigenvalue weighted by molar-refractivity contribution is -0.123. The van der Waals surface area contributed by atoms with Crippen molar-refractivity contribution < 1.29 is 23.1 Å². The molecule has 0 bridgehead atoms. The van der Waals surface area contributed by atoms with E-state index < -0.39 is 29.6 Å². The number of ether oxygens (including phenoxy) is 1. The van der Waals surface area contributed by atoms with E-state index in [1.165, 1.54) is 19.1 Å². The lowest BCUT2D eigenvalue weighted by Gasteiger charge is -2.14. The Bertz CT molecular complexity index is 1040. The molecule has 2 aromatic carbocycles. The molecule has 3 rings (SSSR count). The van der Waals surface area contributed by atoms with Gasteiger partial charge in [0.15, 0.2) is 17.7 Å². The summed E-state index contributed by atoms with van der Waals surface area (Å²) >= 11 is 5.94. The maximum absolute atomic E-state index is 13.2. The number of benzene rings is 2. The highest BCUT2D eigenvalue weighted by Crippen LogP contribution is 2.22. The van der Waals surface area contributed by atoms with E-state index in [9.17, 15) is 18.4 Å². The number of pyridine rings is 1. The van der Waals surface area contributed by atoms with Gasteiger partial charge in [0, 0.05) is 17.1 Å². The topological polar surface area (TPSA) is 68.3 Å². The second-order valence-corrected chi connectivity index (χ2v) is 6.06. The van der Waals surface area contributed by atoms with Crippen LogP contribution in [0.15, 0.2) is 48.5 Å². The Morgan fingerprint density at radius 3 is 2.59 bits per heavy atom. The van der Waals surface area contributed by atoms with E-state index in [1.807, 2.05) is 0 Å². The van der Waals surface area contributed by atoms with Gasteiger partial charge < -0.3 is 10.1 Å². The molecular weight excluding hydrogens is 378 g/mol. The molecule has 0 radical (unpaired) electrons. The van der Waals surface area contributed by atoms with Gasteiger partial charge in [0.2, 0.25) is 0 Å². The second kappa shape index (κ2) is 7.67. The van der Waals surface area contributed by atoms with E-state index in [0.29, 0.717) is 10.9 Å². The van der Waals surface area contributed by atoms with Gasteiger partial charge in [0.1, 0.15) is 5.15 Å². The van der Waals surface area contributed by atoms with Crippen LogP contribution in [-0.2, 0) is 9.53 Å². The summed E-state index contributed by atoms with van der Waals surface area (Å²) in [5.74, 6) is -3.59. The van der Waals surface area contributed by atoms with Crippen molar-refractivity contribution in [3.8, 4) is 0 Å². The molecule has 1 N–H and O–H groups in total. The maximum atomic E-state index is 13.2. The van der Waals surface area contributed by atoms with Crippen molar-refractivity contribution in [2.75, 3.05) is 5.32 Å². The molecule has 3 aromatic rings. The third-order valence-electron chi connectivity index (χ3n) is 3.75. The summed E-state index contributed by atoms with van der Waals surface area (Å²) in [6.07, 6.45) is -1.18. The number of aromatic nitrogens is 1. The molecule has 0 fully saturated rings. The van der Waals surface area contributed by atoms with Crippen LogP contribution in [0.1, 0.15) is 17.3 Å². The standard InChI is InChI=1S/C19H13ClF2N2O3/c1-10(18(25)23-11-6-7-14(21)15(22)8-11)27-19(26)13-9-17(20)24-16-5-3-2-4-12(13)16/h2-10H,1H3,(H,23,25)/t10-/m1/s1. The minimum Gasteiger partial charge on any atom is -0.449 e. The zero-order valence-corrected chi connectivity index (χ0v) is 14.8. The van der Waals surface area contributed by atoms with Gasteiger partial charge in [-0.3, -0.25) is 4.79 Å². The lowest BCUT2D eigenvalue weighted by Crippen LogP contribution is -2.30. The number of para-hydroxylation sites is 1. The van der Waals surface area contributed by atoms with Gasteiger partial charge in [-0.05, 0) is 31.2 Å². The van der Waals surface area contributed by atoms with Crippen LogP contribution in [0.4, 0.5) is 14.5 Å². The smallest absolute Gasteiger partial charge is 0.339 e. The number of carbonyl (C=O) groups excluding carboxylic acids is 2. The quantitative estimate of drug-likeness (QED) is 0.531. The van der Waals surface area contributed by atoms with E-state index >= 15 is 0 Å². The molecule has 0 saturated heterocycles. The summed E-state index contributed by atoms with van der Waals surface area (Å²) in [6.45, 7) is 1.36. The molecule has 5 nitrogen and oxygen atoms in total. The molecule has 0 unspecified atom stereocenters. The predicted octanol–water partition coefficient (Wildman–Crippen LogP) is 4.35. The minimum absolute atomic E-state index is 0.0409. The number of esters is 1. The van der Waals surface area contributed by atoms with Crippen LogP contribution in [0.3, 0.4) is 0 Å². The first-order chi connectivity index (χ1) is 12.8. The normalized spacial score (nSPS) is 11.9. The number of hydrogen-bond acceptors (Lipinski definition) is 4. The maximum Gasteiger partial charge on any atom is 0.339 e. The molecule has 0 aliphatic carbocycles. The third-order valence-corrected chi connectivity index (χ3v) is 3.94. The highest BCUT2D eigenvalue weighted by atomic mass is 35.5. The number of amides is 1. The number of fused-ring (bicyclic) bond motifs is 1. The fourth-order valence-corrected chi connectivity index (χ4v) is 2.61. The summed E-state index contributed by atoms with van der Waals surface area (Å²) in [5.41, 5.74) is 0.716. The molecule has 0 aliphatic heterocycles. The Hall–Kier alpha value is -3.06. The predicted molar refractivity (Wildman–Crippen MR) is 96.6 cm³/mol. The molecule has 0 aliphatic rings. The summed E-state index contributed by atoms with van der Waals surface area (Å²) in [6, 6.07) is 11.1. The van der Waals surface area contributed by atoms with Gasteiger partial charge >= 0.3 is 5.97 Å². The number of halogens is 3. The Morgan fingerprint density at radius 2 is 1.85 bits per heavy atom. The van der Waals surface area contributed by atoms with Gasteiger partial charge in [0.25, 0.3) is 5.91 Å². The second-order valence-electron chi connectivity index (χ2n) is 5.68. The van der Waals surface area contributed by atoms with Crippen molar-refractivity contribution >= 4 is 40.1 Å². The molecule has 0 spiro atoms. The SMILES string of the molecule is C[C@@H](OC(=O)c1cc(Cl)nc2ccccc12)C(=O)Nc1ccc(F)c(F)c1. The van der Waals surface area contributed by atoms with Crippen LogP contribution >= 0.6 is 11.6 Å². The Kier molecular flexibility index (Phi) is 5.32. The van der Waals surface area contributed by atoms with Crippen LogP contribution in [0.5, 0.6) is 0 Å². The van der Waals surface area contributed by atoms with E-state index in [-0.39, 0.29) is 16.4 Å². The average Bonchev–Trinajstić information content (AvgIpc) is 2.63. The van der Waals surface area contributed by atoms with Gasteiger partial charge in [-0.25, -0.2) is 18.6 Å². The summed E-state index contributed by atoms with van der Waals surface area (Å²) in [7, 11) is 0. The number of nitrogens with one attached hydrogen (secondary N) is 1. The Labute approximate surface area is 157 Å². The fraction of sp³-hybridized carbons (Fsp3) is 0.105. The molecule has 0 saturated carbocycles. The highest BCUT2D eigenvalue weighted by Gasteiger charge is 2.21. The number of nitrogens with zero attached hydrogens (tertiary/aromatic N) is 1. The zero-order chi connectivity index (χ0) is 19.6. The molecule has 1 aromatic heterocycles. The van der Waals surface area contributed by atoms with Crippen molar-refractivity contribution in [3.63, 3.8) is 0 Å². The zero-order valence-electron chi connectivity index (χ0n) is 14.0. The van der Waals surface area contributed by atoms with E-state index in [0.717, 1.165) is 12.1 Å². The van der Waals surface area contributed by atoms with Crippen molar-refractivity contribution in [1.82, 2.24) is 4.98 Å². The molecule has 1 heterocycles. The molecule has 1 atom stereocenters. The van der Waals surface area contributed by atoms with Crippen molar-refractivity contribution in [2.24, 2.45) is 0 Å². The summed E-state index contributed by atoms with van der Waals surface area (Å²) in [4.78, 5) is 28.8. The largest absolute Gasteiger partial charge is 0.449 e. The molecule has 27 heavy (non-hydrogen) atoms. The highest BCUT2D eigenvalue weighted by molar-refractivity contribution is 6.30. The Balaban J connectivity index is 1.75. The van der Waals surface area contributed by atoms with E-state index in [4.69, 9.17) is 16.3 Å². The molecule has 8 heteroatoms. The number of carbonyl (C=O) groups is 2. The molecule has 138 valence electrons. The van der Waals surface area contributed by atoms with E-state index in [2.05, 4.69) is 10.3 Å². The van der Waals surface area contributed by atoms with Crippen molar-refractivity contribution in [2.45, 2.75) is 13.0 Å². The van der Waals surface area contributed by atoms with Crippen LogP contribution < -0.4 is 5.32 Å². The first-order valence-electron chi connectivity index (χ1n) is 7.87. The first kappa shape index (κ1) is 18.7. The fourth-order valence-electron chi connectivity index (χ4n) is 2.41. The van der Waals surface area contributed by atoms with Crippen LogP contribution in [-0.4, -0.2) is 23.0 Å². The van der Waals surface area contributed by atoms with Crippen LogP contribution in [0.25, 0.3) is 10.9 Å². The minimum atomic E-state index is -1.18. The summed E-state index contributed by atoms with van der Waals surface area (Å²) in [5, 5.41) is 2.99. The molecule has 1 amide bonds. The van der Waals surface area contributed by atoms with Crippen molar-refractivity contribution in [3.05, 3.63) is 70.9 Å². The number of anilines is 1.